The molecule has 0 aliphatic heterocycles. The lowest BCUT2D eigenvalue weighted by atomic mass is 10.1. The molecule has 0 aliphatic carbocycles. The number of amides is 1. The van der Waals surface area contributed by atoms with Gasteiger partial charge in [-0.15, -0.1) is 0 Å². The molecular formula is C12H12ClN5O3. The molecule has 21 heavy (non-hydrogen) atoms. The van der Waals surface area contributed by atoms with Crippen LogP contribution in [-0.4, -0.2) is 20.6 Å². The number of halogens is 1. The molecule has 0 saturated heterocycles. The van der Waals surface area contributed by atoms with Crippen LogP contribution in [0.15, 0.2) is 18.3 Å². The normalized spacial score (nSPS) is 10.4. The van der Waals surface area contributed by atoms with E-state index in [-0.39, 0.29) is 16.3 Å². The molecule has 0 aliphatic rings. The molecule has 8 nitrogen and oxygen atoms in total. The number of carbonyl (C=O) groups excluding carboxylic acids is 1. The van der Waals surface area contributed by atoms with Crippen LogP contribution in [0.5, 0.6) is 0 Å². The summed E-state index contributed by atoms with van der Waals surface area (Å²) in [5.74, 6) is -0.531. The molecule has 0 bridgehead atoms. The fraction of sp³-hybridized carbons (Fsp3) is 0.167. The zero-order valence-corrected chi connectivity index (χ0v) is 12.0. The van der Waals surface area contributed by atoms with E-state index in [2.05, 4.69) is 10.4 Å². The van der Waals surface area contributed by atoms with Crippen molar-refractivity contribution in [3.63, 3.8) is 0 Å². The van der Waals surface area contributed by atoms with E-state index in [0.29, 0.717) is 11.4 Å². The molecule has 0 spiro atoms. The summed E-state index contributed by atoms with van der Waals surface area (Å²) in [5, 5.41) is 17.5. The number of hydrogen-bond acceptors (Lipinski definition) is 5. The first-order chi connectivity index (χ1) is 9.79. The fourth-order valence-electron chi connectivity index (χ4n) is 1.80. The van der Waals surface area contributed by atoms with E-state index in [1.807, 2.05) is 0 Å². The summed E-state index contributed by atoms with van der Waals surface area (Å²) in [6, 6.07) is 2.37. The zero-order valence-electron chi connectivity index (χ0n) is 11.3. The van der Waals surface area contributed by atoms with Crippen molar-refractivity contribution in [2.75, 3.05) is 11.1 Å². The van der Waals surface area contributed by atoms with Gasteiger partial charge in [0.15, 0.2) is 0 Å². The van der Waals surface area contributed by atoms with Gasteiger partial charge in [0.05, 0.1) is 21.3 Å². The first kappa shape index (κ1) is 14.8. The fourth-order valence-corrected chi connectivity index (χ4v) is 2.02. The smallest absolute Gasteiger partial charge is 0.294 e. The zero-order chi connectivity index (χ0) is 15.7. The lowest BCUT2D eigenvalue weighted by molar-refractivity contribution is -0.383. The number of rotatable bonds is 3. The standard InChI is InChI=1S/C12H12ClN5O3/c1-6-9(5-17(2)16-6)15-12(19)7-3-8(13)11(14)10(4-7)18(20)21/h3-5H,14H2,1-2H3,(H,15,19). The third-order valence-corrected chi connectivity index (χ3v) is 3.14. The van der Waals surface area contributed by atoms with Gasteiger partial charge in [0.2, 0.25) is 0 Å². The van der Waals surface area contributed by atoms with Gasteiger partial charge in [-0.25, -0.2) is 0 Å². The lowest BCUT2D eigenvalue weighted by Crippen LogP contribution is -2.13. The number of carbonyl (C=O) groups is 1. The second-order valence-electron chi connectivity index (χ2n) is 4.40. The first-order valence-corrected chi connectivity index (χ1v) is 6.22. The Kier molecular flexibility index (Phi) is 3.81. The van der Waals surface area contributed by atoms with Gasteiger partial charge in [0.1, 0.15) is 5.69 Å². The monoisotopic (exact) mass is 309 g/mol. The Morgan fingerprint density at radius 3 is 2.71 bits per heavy atom. The molecule has 2 rings (SSSR count). The minimum absolute atomic E-state index is 0.0442. The molecule has 0 unspecified atom stereocenters. The Balaban J connectivity index is 2.36. The maximum Gasteiger partial charge on any atom is 0.294 e. The highest BCUT2D eigenvalue weighted by Gasteiger charge is 2.20. The molecule has 110 valence electrons. The summed E-state index contributed by atoms with van der Waals surface area (Å²) < 4.78 is 1.54. The summed E-state index contributed by atoms with van der Waals surface area (Å²) in [6.07, 6.45) is 1.63. The number of benzene rings is 1. The van der Waals surface area contributed by atoms with Crippen molar-refractivity contribution in [1.29, 1.82) is 0 Å². The average Bonchev–Trinajstić information content (AvgIpc) is 2.70. The number of hydrogen-bond donors (Lipinski definition) is 2. The van der Waals surface area contributed by atoms with E-state index in [1.54, 1.807) is 24.9 Å². The van der Waals surface area contributed by atoms with E-state index in [9.17, 15) is 14.9 Å². The van der Waals surface area contributed by atoms with Crippen molar-refractivity contribution < 1.29 is 9.72 Å². The molecule has 1 amide bonds. The molecule has 0 atom stereocenters. The van der Waals surface area contributed by atoms with Gasteiger partial charge in [-0.3, -0.25) is 19.6 Å². The Labute approximate surface area is 124 Å². The molecule has 1 heterocycles. The molecule has 3 N–H and O–H groups in total. The summed E-state index contributed by atoms with van der Waals surface area (Å²) >= 11 is 5.82. The predicted octanol–water partition coefficient (Wildman–Crippen LogP) is 2.12. The number of aromatic nitrogens is 2. The van der Waals surface area contributed by atoms with Gasteiger partial charge in [-0.1, -0.05) is 11.6 Å². The number of anilines is 2. The highest BCUT2D eigenvalue weighted by Crippen LogP contribution is 2.31. The summed E-state index contributed by atoms with van der Waals surface area (Å²) in [7, 11) is 1.72. The van der Waals surface area contributed by atoms with Crippen molar-refractivity contribution in [3.05, 3.63) is 44.7 Å². The summed E-state index contributed by atoms with van der Waals surface area (Å²) in [6.45, 7) is 1.73. The Bertz CT molecular complexity index is 741. The third-order valence-electron chi connectivity index (χ3n) is 2.83. The van der Waals surface area contributed by atoms with E-state index in [0.717, 1.165) is 6.07 Å². The number of nitro benzene ring substituents is 1. The van der Waals surface area contributed by atoms with Crippen LogP contribution in [0, 0.1) is 17.0 Å². The minimum atomic E-state index is -0.687. The summed E-state index contributed by atoms with van der Waals surface area (Å²) in [5.41, 5.74) is 6.12. The van der Waals surface area contributed by atoms with Gasteiger partial charge in [0, 0.05) is 24.9 Å². The minimum Gasteiger partial charge on any atom is -0.392 e. The highest BCUT2D eigenvalue weighted by molar-refractivity contribution is 6.34. The number of nitrogen functional groups attached to an aromatic ring is 1. The van der Waals surface area contributed by atoms with Crippen LogP contribution in [0.2, 0.25) is 5.02 Å². The molecule has 1 aromatic heterocycles. The predicted molar refractivity (Wildman–Crippen MR) is 78.4 cm³/mol. The van der Waals surface area contributed by atoms with Crippen LogP contribution in [0.4, 0.5) is 17.1 Å². The Hall–Kier alpha value is -2.61. The number of nitrogens with zero attached hydrogens (tertiary/aromatic N) is 3. The maximum atomic E-state index is 12.1. The molecule has 0 radical (unpaired) electrons. The number of aryl methyl sites for hydroxylation is 2. The highest BCUT2D eigenvalue weighted by atomic mass is 35.5. The van der Waals surface area contributed by atoms with Gasteiger partial charge in [-0.05, 0) is 13.0 Å². The quantitative estimate of drug-likeness (QED) is 0.512. The van der Waals surface area contributed by atoms with Crippen molar-refractivity contribution in [2.24, 2.45) is 7.05 Å². The van der Waals surface area contributed by atoms with Gasteiger partial charge in [0.25, 0.3) is 11.6 Å². The first-order valence-electron chi connectivity index (χ1n) is 5.84. The van der Waals surface area contributed by atoms with Crippen LogP contribution in [0.3, 0.4) is 0 Å². The van der Waals surface area contributed by atoms with Crippen LogP contribution in [-0.2, 0) is 7.05 Å². The van der Waals surface area contributed by atoms with E-state index < -0.39 is 16.5 Å². The van der Waals surface area contributed by atoms with Crippen LogP contribution in [0.1, 0.15) is 16.1 Å². The number of nitrogens with one attached hydrogen (secondary N) is 1. The van der Waals surface area contributed by atoms with E-state index in [4.69, 9.17) is 17.3 Å². The van der Waals surface area contributed by atoms with E-state index in [1.165, 1.54) is 6.07 Å². The maximum absolute atomic E-state index is 12.1. The number of nitro groups is 1. The molecule has 9 heteroatoms. The molecule has 0 saturated carbocycles. The van der Waals surface area contributed by atoms with Crippen molar-refractivity contribution in [3.8, 4) is 0 Å². The molecular weight excluding hydrogens is 298 g/mol. The lowest BCUT2D eigenvalue weighted by Gasteiger charge is -2.06. The van der Waals surface area contributed by atoms with Crippen LogP contribution < -0.4 is 11.1 Å². The summed E-state index contributed by atoms with van der Waals surface area (Å²) in [4.78, 5) is 22.3. The van der Waals surface area contributed by atoms with Crippen LogP contribution in [0.25, 0.3) is 0 Å². The van der Waals surface area contributed by atoms with Crippen LogP contribution >= 0.6 is 11.6 Å². The van der Waals surface area contributed by atoms with Gasteiger partial charge < -0.3 is 11.1 Å². The van der Waals surface area contributed by atoms with Crippen molar-refractivity contribution in [2.45, 2.75) is 6.92 Å². The SMILES string of the molecule is Cc1nn(C)cc1NC(=O)c1cc(Cl)c(N)c([N+](=O)[O-])c1. The molecule has 2 aromatic rings. The Morgan fingerprint density at radius 2 is 2.19 bits per heavy atom. The van der Waals surface area contributed by atoms with Crippen molar-refractivity contribution >= 4 is 34.6 Å². The van der Waals surface area contributed by atoms with Gasteiger partial charge >= 0.3 is 0 Å². The molecule has 1 aromatic carbocycles. The topological polar surface area (TPSA) is 116 Å². The van der Waals surface area contributed by atoms with E-state index >= 15 is 0 Å². The Morgan fingerprint density at radius 1 is 1.52 bits per heavy atom. The largest absolute Gasteiger partial charge is 0.392 e. The third kappa shape index (κ3) is 2.95. The average molecular weight is 310 g/mol. The molecule has 0 fully saturated rings. The second kappa shape index (κ2) is 5.41. The second-order valence-corrected chi connectivity index (χ2v) is 4.81. The van der Waals surface area contributed by atoms with Crippen molar-refractivity contribution in [1.82, 2.24) is 9.78 Å². The van der Waals surface area contributed by atoms with Gasteiger partial charge in [-0.2, -0.15) is 5.10 Å². The number of nitrogens with two attached hydrogens (primary N) is 1.